The van der Waals surface area contributed by atoms with Gasteiger partial charge in [-0.05, 0) is 78.7 Å². The molecule has 1 unspecified atom stereocenters. The molecule has 1 atom stereocenters. The first-order valence-electron chi connectivity index (χ1n) is 10.5. The molecule has 29 heavy (non-hydrogen) atoms. The summed E-state index contributed by atoms with van der Waals surface area (Å²) < 4.78 is 0. The van der Waals surface area contributed by atoms with E-state index in [2.05, 4.69) is 71.0 Å². The Balaban J connectivity index is 1.37. The third-order valence-electron chi connectivity index (χ3n) is 6.03. The molecule has 0 saturated carbocycles. The highest BCUT2D eigenvalue weighted by atomic mass is 35.5. The molecule has 1 aliphatic carbocycles. The van der Waals surface area contributed by atoms with Gasteiger partial charge >= 0.3 is 0 Å². The van der Waals surface area contributed by atoms with Crippen LogP contribution in [0.15, 0.2) is 72.8 Å². The van der Waals surface area contributed by atoms with Crippen LogP contribution in [0.25, 0.3) is 22.0 Å². The number of aromatic nitrogens is 1. The third-order valence-corrected chi connectivity index (χ3v) is 6.28. The molecule has 0 fully saturated rings. The van der Waals surface area contributed by atoms with Crippen LogP contribution in [0.4, 0.5) is 0 Å². The Labute approximate surface area is 176 Å². The molecule has 3 heteroatoms. The SMILES string of the molecule is Clc1ccc(CCNC2CCCc3c2[nH]c2ccc(-c4ccccc4)cc32)cc1. The van der Waals surface area contributed by atoms with Gasteiger partial charge in [0.25, 0.3) is 0 Å². The Hall–Kier alpha value is -2.55. The van der Waals surface area contributed by atoms with Crippen LogP contribution in [-0.4, -0.2) is 11.5 Å². The van der Waals surface area contributed by atoms with E-state index >= 15 is 0 Å². The number of rotatable bonds is 5. The highest BCUT2D eigenvalue weighted by Crippen LogP contribution is 2.36. The van der Waals surface area contributed by atoms with E-state index in [1.54, 1.807) is 0 Å². The van der Waals surface area contributed by atoms with E-state index in [-0.39, 0.29) is 0 Å². The summed E-state index contributed by atoms with van der Waals surface area (Å²) in [7, 11) is 0. The molecule has 5 rings (SSSR count). The van der Waals surface area contributed by atoms with Crippen molar-refractivity contribution in [3.8, 4) is 11.1 Å². The fraction of sp³-hybridized carbons (Fsp3) is 0.231. The lowest BCUT2D eigenvalue weighted by atomic mass is 9.91. The molecule has 4 aromatic rings. The lowest BCUT2D eigenvalue weighted by Gasteiger charge is -2.24. The quantitative estimate of drug-likeness (QED) is 0.383. The van der Waals surface area contributed by atoms with Crippen LogP contribution in [0, 0.1) is 0 Å². The number of fused-ring (bicyclic) bond motifs is 3. The van der Waals surface area contributed by atoms with Crippen molar-refractivity contribution in [1.29, 1.82) is 0 Å². The summed E-state index contributed by atoms with van der Waals surface area (Å²) in [6.07, 6.45) is 4.59. The lowest BCUT2D eigenvalue weighted by Crippen LogP contribution is -2.27. The molecule has 2 nitrogen and oxygen atoms in total. The summed E-state index contributed by atoms with van der Waals surface area (Å²) in [6.45, 7) is 0.969. The number of halogens is 1. The average Bonchev–Trinajstić information content (AvgIpc) is 3.15. The molecule has 1 aromatic heterocycles. The van der Waals surface area contributed by atoms with Gasteiger partial charge in [0.05, 0.1) is 0 Å². The van der Waals surface area contributed by atoms with Gasteiger partial charge in [-0.3, -0.25) is 0 Å². The smallest absolute Gasteiger partial charge is 0.0476 e. The van der Waals surface area contributed by atoms with Crippen LogP contribution in [0.5, 0.6) is 0 Å². The van der Waals surface area contributed by atoms with E-state index in [1.165, 1.54) is 51.7 Å². The van der Waals surface area contributed by atoms with Crippen LogP contribution >= 0.6 is 11.6 Å². The van der Waals surface area contributed by atoms with Crippen molar-refractivity contribution >= 4 is 22.5 Å². The minimum absolute atomic E-state index is 0.402. The molecule has 0 radical (unpaired) electrons. The van der Waals surface area contributed by atoms with Crippen LogP contribution in [0.2, 0.25) is 5.02 Å². The molecule has 0 saturated heterocycles. The molecule has 0 spiro atoms. The fourth-order valence-electron chi connectivity index (χ4n) is 4.52. The van der Waals surface area contributed by atoms with E-state index < -0.39 is 0 Å². The first-order chi connectivity index (χ1) is 14.3. The molecule has 0 bridgehead atoms. The second-order valence-electron chi connectivity index (χ2n) is 7.92. The van der Waals surface area contributed by atoms with Crippen LogP contribution in [-0.2, 0) is 12.8 Å². The summed E-state index contributed by atoms with van der Waals surface area (Å²) in [6, 6.07) is 26.0. The highest BCUT2D eigenvalue weighted by molar-refractivity contribution is 6.30. The van der Waals surface area contributed by atoms with Crippen molar-refractivity contribution in [1.82, 2.24) is 10.3 Å². The van der Waals surface area contributed by atoms with E-state index in [0.717, 1.165) is 24.4 Å². The summed E-state index contributed by atoms with van der Waals surface area (Å²) in [5.41, 5.74) is 8.01. The summed E-state index contributed by atoms with van der Waals surface area (Å²) >= 11 is 5.99. The number of H-pyrrole nitrogens is 1. The van der Waals surface area contributed by atoms with Gasteiger partial charge in [0.2, 0.25) is 0 Å². The van der Waals surface area contributed by atoms with Gasteiger partial charge in [0, 0.05) is 27.7 Å². The summed E-state index contributed by atoms with van der Waals surface area (Å²) in [5, 5.41) is 5.96. The number of aromatic amines is 1. The van der Waals surface area contributed by atoms with E-state index in [4.69, 9.17) is 11.6 Å². The van der Waals surface area contributed by atoms with Gasteiger partial charge in [0.1, 0.15) is 0 Å². The fourth-order valence-corrected chi connectivity index (χ4v) is 4.64. The van der Waals surface area contributed by atoms with E-state index in [9.17, 15) is 0 Å². The third kappa shape index (κ3) is 3.83. The molecule has 146 valence electrons. The molecule has 2 N–H and O–H groups in total. The molecule has 1 heterocycles. The van der Waals surface area contributed by atoms with Crippen molar-refractivity contribution in [2.45, 2.75) is 31.7 Å². The van der Waals surface area contributed by atoms with Crippen molar-refractivity contribution in [3.05, 3.63) is 94.6 Å². The van der Waals surface area contributed by atoms with Gasteiger partial charge in [-0.1, -0.05) is 60.1 Å². The highest BCUT2D eigenvalue weighted by Gasteiger charge is 2.24. The Morgan fingerprint density at radius 1 is 0.931 bits per heavy atom. The molecular formula is C26H25ClN2. The molecular weight excluding hydrogens is 376 g/mol. The van der Waals surface area contributed by atoms with E-state index in [1.807, 2.05) is 12.1 Å². The van der Waals surface area contributed by atoms with Gasteiger partial charge in [-0.25, -0.2) is 0 Å². The van der Waals surface area contributed by atoms with Gasteiger partial charge in [-0.2, -0.15) is 0 Å². The largest absolute Gasteiger partial charge is 0.357 e. The number of nitrogens with one attached hydrogen (secondary N) is 2. The second kappa shape index (κ2) is 8.06. The standard InChI is InChI=1S/C26H25ClN2/c27-21-12-9-18(10-13-21)15-16-28-25-8-4-7-22-23-17-20(19-5-2-1-3-6-19)11-14-24(23)29-26(22)25/h1-3,5-6,9-14,17,25,28-29H,4,7-8,15-16H2. The number of benzene rings is 3. The minimum atomic E-state index is 0.402. The molecule has 1 aliphatic rings. The Bertz CT molecular complexity index is 1110. The predicted molar refractivity (Wildman–Crippen MR) is 123 cm³/mol. The van der Waals surface area contributed by atoms with Crippen molar-refractivity contribution in [3.63, 3.8) is 0 Å². The minimum Gasteiger partial charge on any atom is -0.357 e. The van der Waals surface area contributed by atoms with Gasteiger partial charge < -0.3 is 10.3 Å². The zero-order valence-electron chi connectivity index (χ0n) is 16.4. The predicted octanol–water partition coefficient (Wildman–Crippen LogP) is 6.70. The number of hydrogen-bond donors (Lipinski definition) is 2. The maximum absolute atomic E-state index is 5.99. The normalized spacial score (nSPS) is 16.1. The first kappa shape index (κ1) is 18.5. The monoisotopic (exact) mass is 400 g/mol. The molecule has 3 aromatic carbocycles. The maximum atomic E-state index is 5.99. The van der Waals surface area contributed by atoms with E-state index in [0.29, 0.717) is 6.04 Å². The van der Waals surface area contributed by atoms with Crippen molar-refractivity contribution < 1.29 is 0 Å². The zero-order valence-corrected chi connectivity index (χ0v) is 17.2. The number of hydrogen-bond acceptors (Lipinski definition) is 1. The lowest BCUT2D eigenvalue weighted by molar-refractivity contribution is 0.456. The summed E-state index contributed by atoms with van der Waals surface area (Å²) in [5.74, 6) is 0. The van der Waals surface area contributed by atoms with Gasteiger partial charge in [-0.15, -0.1) is 0 Å². The Kier molecular flexibility index (Phi) is 5.13. The zero-order chi connectivity index (χ0) is 19.6. The van der Waals surface area contributed by atoms with Crippen molar-refractivity contribution in [2.24, 2.45) is 0 Å². The Morgan fingerprint density at radius 3 is 2.59 bits per heavy atom. The van der Waals surface area contributed by atoms with Crippen LogP contribution in [0.3, 0.4) is 0 Å². The topological polar surface area (TPSA) is 27.8 Å². The molecule has 0 amide bonds. The molecule has 0 aliphatic heterocycles. The first-order valence-corrected chi connectivity index (χ1v) is 10.8. The number of aryl methyl sites for hydroxylation is 1. The average molecular weight is 401 g/mol. The van der Waals surface area contributed by atoms with Crippen LogP contribution in [0.1, 0.15) is 35.7 Å². The van der Waals surface area contributed by atoms with Gasteiger partial charge in [0.15, 0.2) is 0 Å². The van der Waals surface area contributed by atoms with Crippen molar-refractivity contribution in [2.75, 3.05) is 6.54 Å². The maximum Gasteiger partial charge on any atom is 0.0476 e. The second-order valence-corrected chi connectivity index (χ2v) is 8.36. The Morgan fingerprint density at radius 2 is 1.76 bits per heavy atom. The summed E-state index contributed by atoms with van der Waals surface area (Å²) in [4.78, 5) is 3.72. The van der Waals surface area contributed by atoms with Crippen LogP contribution < -0.4 is 5.32 Å².